The van der Waals surface area contributed by atoms with E-state index in [1.165, 1.54) is 0 Å². The smallest absolute Gasteiger partial charge is 0.187 e. The topological polar surface area (TPSA) is 83.1 Å². The molecule has 9 heteroatoms. The summed E-state index contributed by atoms with van der Waals surface area (Å²) in [5.41, 5.74) is 6.18. The molecule has 8 atom stereocenters. The zero-order valence-corrected chi connectivity index (χ0v) is 35.4. The van der Waals surface area contributed by atoms with Gasteiger partial charge in [0.1, 0.15) is 42.7 Å². The van der Waals surface area contributed by atoms with Crippen LogP contribution in [0.25, 0.3) is 0 Å². The summed E-state index contributed by atoms with van der Waals surface area (Å²) in [6.45, 7) is 2.56. The molecule has 1 fully saturated rings. The molecule has 0 unspecified atom stereocenters. The number of benzene rings is 6. The van der Waals surface area contributed by atoms with Crippen molar-refractivity contribution in [1.29, 1.82) is 0 Å². The second-order valence-electron chi connectivity index (χ2n) is 15.7. The summed E-state index contributed by atoms with van der Waals surface area (Å²) in [7, 11) is 0. The van der Waals surface area contributed by atoms with Crippen molar-refractivity contribution < 1.29 is 42.6 Å². The SMILES string of the molecule is C1=C[C@@H](O[C@@H]2O[C@H](COCc3ccccc3)[C@H](OCc3ccccc3)[C@H](OCc3ccccc3)[C@H]2OCc2ccccc2)[C@@H](OCc2ccccc2)[C@@H](COCc2ccccc2)O1. The standard InChI is InChI=1S/C54H56O9/c1-7-19-41(20-8-1)33-55-39-48-50(58-35-43-23-11-3-12-24-43)47(31-32-57-48)62-54-53(61-38-46-29-17-6-18-30-46)52(60-37-45-27-15-5-16-28-45)51(59-36-44-25-13-4-14-26-44)49(63-54)40-56-34-42-21-9-2-10-22-42/h1-32,47-54H,33-40H2/t47-,48-,49-,50-,51+,52+,53-,54-/m1/s1. The fraction of sp³-hybridized carbons (Fsp3) is 0.296. The number of hydrogen-bond acceptors (Lipinski definition) is 9. The third kappa shape index (κ3) is 13.3. The van der Waals surface area contributed by atoms with Crippen molar-refractivity contribution >= 4 is 0 Å². The molecular weight excluding hydrogens is 793 g/mol. The molecule has 326 valence electrons. The van der Waals surface area contributed by atoms with Gasteiger partial charge < -0.3 is 42.6 Å². The van der Waals surface area contributed by atoms with E-state index in [9.17, 15) is 0 Å². The summed E-state index contributed by atoms with van der Waals surface area (Å²) in [4.78, 5) is 0. The van der Waals surface area contributed by atoms with Crippen molar-refractivity contribution in [1.82, 2.24) is 0 Å². The molecule has 63 heavy (non-hydrogen) atoms. The van der Waals surface area contributed by atoms with Crippen molar-refractivity contribution in [3.05, 3.63) is 228 Å². The predicted octanol–water partition coefficient (Wildman–Crippen LogP) is 9.78. The zero-order valence-electron chi connectivity index (χ0n) is 35.4. The van der Waals surface area contributed by atoms with Crippen molar-refractivity contribution in [2.45, 2.75) is 88.7 Å². The summed E-state index contributed by atoms with van der Waals surface area (Å²) < 4.78 is 60.6. The van der Waals surface area contributed by atoms with Gasteiger partial charge in [-0.05, 0) is 39.5 Å². The zero-order chi connectivity index (χ0) is 42.7. The summed E-state index contributed by atoms with van der Waals surface area (Å²) in [5.74, 6) is 0. The van der Waals surface area contributed by atoms with Gasteiger partial charge in [0.25, 0.3) is 0 Å². The van der Waals surface area contributed by atoms with Crippen molar-refractivity contribution in [3.8, 4) is 0 Å². The lowest BCUT2D eigenvalue weighted by Crippen LogP contribution is -2.63. The maximum Gasteiger partial charge on any atom is 0.187 e. The average Bonchev–Trinajstić information content (AvgIpc) is 3.34. The third-order valence-electron chi connectivity index (χ3n) is 11.0. The minimum atomic E-state index is -0.946. The Morgan fingerprint density at radius 1 is 0.349 bits per heavy atom. The lowest BCUT2D eigenvalue weighted by Gasteiger charge is -2.47. The van der Waals surface area contributed by atoms with Crippen molar-refractivity contribution in [3.63, 3.8) is 0 Å². The molecule has 0 spiro atoms. The van der Waals surface area contributed by atoms with Crippen LogP contribution in [-0.4, -0.2) is 62.2 Å². The highest BCUT2D eigenvalue weighted by atomic mass is 16.7. The minimum absolute atomic E-state index is 0.207. The van der Waals surface area contributed by atoms with Crippen LogP contribution in [0.2, 0.25) is 0 Å². The van der Waals surface area contributed by atoms with Crippen LogP contribution in [0.5, 0.6) is 0 Å². The molecular formula is C54H56O9. The first-order valence-electron chi connectivity index (χ1n) is 21.7. The molecule has 9 nitrogen and oxygen atoms in total. The number of ether oxygens (including phenoxy) is 9. The highest BCUT2D eigenvalue weighted by molar-refractivity contribution is 5.18. The molecule has 0 amide bonds. The average molecular weight is 849 g/mol. The van der Waals surface area contributed by atoms with E-state index in [1.807, 2.05) is 176 Å². The first-order valence-corrected chi connectivity index (χ1v) is 21.7. The van der Waals surface area contributed by atoms with E-state index < -0.39 is 49.0 Å². The van der Waals surface area contributed by atoms with Gasteiger partial charge >= 0.3 is 0 Å². The van der Waals surface area contributed by atoms with Gasteiger partial charge in [0.2, 0.25) is 0 Å². The predicted molar refractivity (Wildman–Crippen MR) is 240 cm³/mol. The Morgan fingerprint density at radius 2 is 0.698 bits per heavy atom. The monoisotopic (exact) mass is 848 g/mol. The highest BCUT2D eigenvalue weighted by Gasteiger charge is 2.51. The molecule has 6 aromatic carbocycles. The van der Waals surface area contributed by atoms with E-state index in [2.05, 4.69) is 12.1 Å². The quantitative estimate of drug-likeness (QED) is 0.0664. The van der Waals surface area contributed by atoms with Crippen LogP contribution in [0, 0.1) is 0 Å². The van der Waals surface area contributed by atoms with Crippen LogP contribution >= 0.6 is 0 Å². The van der Waals surface area contributed by atoms with Crippen LogP contribution in [0.3, 0.4) is 0 Å². The highest BCUT2D eigenvalue weighted by Crippen LogP contribution is 2.34. The third-order valence-corrected chi connectivity index (χ3v) is 11.0. The molecule has 0 aliphatic carbocycles. The maximum absolute atomic E-state index is 7.13. The van der Waals surface area contributed by atoms with Crippen LogP contribution in [0.4, 0.5) is 0 Å². The van der Waals surface area contributed by atoms with E-state index in [1.54, 1.807) is 6.26 Å². The van der Waals surface area contributed by atoms with Gasteiger partial charge in [-0.2, -0.15) is 0 Å². The van der Waals surface area contributed by atoms with E-state index in [4.69, 9.17) is 42.6 Å². The first-order chi connectivity index (χ1) is 31.2. The molecule has 0 aromatic heterocycles. The summed E-state index contributed by atoms with van der Waals surface area (Å²) in [6.07, 6.45) is -1.72. The van der Waals surface area contributed by atoms with Gasteiger partial charge in [-0.25, -0.2) is 0 Å². The molecule has 0 radical (unpaired) electrons. The van der Waals surface area contributed by atoms with Gasteiger partial charge in [0, 0.05) is 0 Å². The van der Waals surface area contributed by atoms with E-state index in [-0.39, 0.29) is 19.8 Å². The van der Waals surface area contributed by atoms with E-state index in [0.717, 1.165) is 33.4 Å². The second-order valence-corrected chi connectivity index (χ2v) is 15.7. The molecule has 2 aliphatic rings. The van der Waals surface area contributed by atoms with Crippen LogP contribution in [0.1, 0.15) is 33.4 Å². The minimum Gasteiger partial charge on any atom is -0.493 e. The fourth-order valence-corrected chi connectivity index (χ4v) is 7.73. The molecule has 0 bridgehead atoms. The van der Waals surface area contributed by atoms with Gasteiger partial charge in [0.05, 0.1) is 59.1 Å². The normalized spacial score (nSPS) is 23.2. The molecule has 1 saturated heterocycles. The lowest BCUT2D eigenvalue weighted by atomic mass is 9.97. The van der Waals surface area contributed by atoms with Gasteiger partial charge in [-0.15, -0.1) is 0 Å². The van der Waals surface area contributed by atoms with Gasteiger partial charge in [-0.1, -0.05) is 182 Å². The van der Waals surface area contributed by atoms with Crippen molar-refractivity contribution in [2.75, 3.05) is 13.2 Å². The Hall–Kier alpha value is -5.46. The second kappa shape index (κ2) is 23.8. The van der Waals surface area contributed by atoms with E-state index in [0.29, 0.717) is 33.0 Å². The molecule has 0 N–H and O–H groups in total. The van der Waals surface area contributed by atoms with Crippen LogP contribution in [0.15, 0.2) is 194 Å². The fourth-order valence-electron chi connectivity index (χ4n) is 7.73. The molecule has 8 rings (SSSR count). The maximum atomic E-state index is 7.13. The Labute approximate surface area is 371 Å². The molecule has 2 aliphatic heterocycles. The summed E-state index contributed by atoms with van der Waals surface area (Å²) >= 11 is 0. The number of hydrogen-bond donors (Lipinski definition) is 0. The first kappa shape index (κ1) is 44.2. The van der Waals surface area contributed by atoms with E-state index >= 15 is 0 Å². The molecule has 0 saturated carbocycles. The Balaban J connectivity index is 1.11. The molecule has 6 aromatic rings. The van der Waals surface area contributed by atoms with Gasteiger partial charge in [0.15, 0.2) is 6.29 Å². The van der Waals surface area contributed by atoms with Crippen LogP contribution in [-0.2, 0) is 82.3 Å². The summed E-state index contributed by atoms with van der Waals surface area (Å²) in [5, 5.41) is 0. The number of rotatable bonds is 22. The Bertz CT molecular complexity index is 2180. The van der Waals surface area contributed by atoms with Crippen LogP contribution < -0.4 is 0 Å². The Morgan fingerprint density at radius 3 is 1.13 bits per heavy atom. The largest absolute Gasteiger partial charge is 0.493 e. The summed E-state index contributed by atoms with van der Waals surface area (Å²) in [6, 6.07) is 60.5. The lowest BCUT2D eigenvalue weighted by molar-refractivity contribution is -0.340. The Kier molecular flexibility index (Phi) is 16.7. The van der Waals surface area contributed by atoms with Gasteiger partial charge in [-0.3, -0.25) is 0 Å². The van der Waals surface area contributed by atoms with Crippen molar-refractivity contribution in [2.24, 2.45) is 0 Å². The molecule has 2 heterocycles.